The maximum atomic E-state index is 7.27. The van der Waals surface area contributed by atoms with Gasteiger partial charge >= 0.3 is 0 Å². The molecule has 0 saturated heterocycles. The summed E-state index contributed by atoms with van der Waals surface area (Å²) in [6.07, 6.45) is 3.98. The highest BCUT2D eigenvalue weighted by molar-refractivity contribution is 5.78. The average molecular weight is 166 g/mol. The molecule has 0 heterocycles. The van der Waals surface area contributed by atoms with Gasteiger partial charge in [-0.2, -0.15) is 0 Å². The van der Waals surface area contributed by atoms with Crippen LogP contribution in [0.5, 0.6) is 0 Å². The molecule has 2 heteroatoms. The summed E-state index contributed by atoms with van der Waals surface area (Å²) in [4.78, 5) is 0. The van der Waals surface area contributed by atoms with Crippen LogP contribution in [0.3, 0.4) is 0 Å². The summed E-state index contributed by atoms with van der Waals surface area (Å²) < 4.78 is 0. The SMILES string of the molecule is C=C(C)C(CC=N)CCC(C)=N. The monoisotopic (exact) mass is 166 g/mol. The second-order valence-electron chi connectivity index (χ2n) is 3.30. The molecule has 0 rings (SSSR count). The third-order valence-electron chi connectivity index (χ3n) is 1.97. The van der Waals surface area contributed by atoms with Gasteiger partial charge in [0.2, 0.25) is 0 Å². The van der Waals surface area contributed by atoms with E-state index >= 15 is 0 Å². The lowest BCUT2D eigenvalue weighted by molar-refractivity contribution is 0.600. The quantitative estimate of drug-likeness (QED) is 0.450. The van der Waals surface area contributed by atoms with Gasteiger partial charge in [0.1, 0.15) is 0 Å². The number of hydrogen-bond acceptors (Lipinski definition) is 2. The molecule has 0 aromatic carbocycles. The molecule has 1 atom stereocenters. The van der Waals surface area contributed by atoms with Crippen LogP contribution >= 0.6 is 0 Å². The molecular weight excluding hydrogens is 148 g/mol. The van der Waals surface area contributed by atoms with Gasteiger partial charge in [-0.25, -0.2) is 0 Å². The average Bonchev–Trinajstić information content (AvgIpc) is 1.96. The molecule has 0 bridgehead atoms. The molecule has 0 aromatic rings. The first kappa shape index (κ1) is 11.1. The molecule has 1 unspecified atom stereocenters. The largest absolute Gasteiger partial charge is 0.313 e. The minimum Gasteiger partial charge on any atom is -0.313 e. The Hall–Kier alpha value is -0.920. The summed E-state index contributed by atoms with van der Waals surface area (Å²) in [5.41, 5.74) is 1.84. The zero-order chi connectivity index (χ0) is 9.56. The van der Waals surface area contributed by atoms with E-state index in [-0.39, 0.29) is 0 Å². The van der Waals surface area contributed by atoms with E-state index in [1.807, 2.05) is 13.8 Å². The lowest BCUT2D eigenvalue weighted by Crippen LogP contribution is -2.04. The molecule has 12 heavy (non-hydrogen) atoms. The van der Waals surface area contributed by atoms with Crippen molar-refractivity contribution < 1.29 is 0 Å². The van der Waals surface area contributed by atoms with Crippen LogP contribution in [0.4, 0.5) is 0 Å². The van der Waals surface area contributed by atoms with Crippen molar-refractivity contribution in [3.63, 3.8) is 0 Å². The van der Waals surface area contributed by atoms with Gasteiger partial charge in [-0.05, 0) is 45.2 Å². The first-order valence-electron chi connectivity index (χ1n) is 4.26. The van der Waals surface area contributed by atoms with E-state index < -0.39 is 0 Å². The van der Waals surface area contributed by atoms with Crippen LogP contribution in [-0.2, 0) is 0 Å². The summed E-state index contributed by atoms with van der Waals surface area (Å²) in [6.45, 7) is 7.69. The van der Waals surface area contributed by atoms with Crippen molar-refractivity contribution in [1.82, 2.24) is 0 Å². The van der Waals surface area contributed by atoms with E-state index in [2.05, 4.69) is 6.58 Å². The van der Waals surface area contributed by atoms with Crippen molar-refractivity contribution >= 4 is 11.9 Å². The Labute approximate surface area is 74.7 Å². The minimum absolute atomic E-state index is 0.391. The van der Waals surface area contributed by atoms with Crippen LogP contribution in [0.25, 0.3) is 0 Å². The molecule has 0 radical (unpaired) electrons. The standard InChI is InChI=1S/C10H18N2/c1-8(2)10(6-7-11)5-4-9(3)12/h7,10-12H,1,4-6H2,2-3H3. The Morgan fingerprint density at radius 3 is 2.42 bits per heavy atom. The highest BCUT2D eigenvalue weighted by Crippen LogP contribution is 2.18. The highest BCUT2D eigenvalue weighted by atomic mass is 14.4. The Morgan fingerprint density at radius 1 is 1.50 bits per heavy atom. The van der Waals surface area contributed by atoms with E-state index in [1.54, 1.807) is 0 Å². The highest BCUT2D eigenvalue weighted by Gasteiger charge is 2.07. The van der Waals surface area contributed by atoms with Crippen molar-refractivity contribution in [1.29, 1.82) is 10.8 Å². The Balaban J connectivity index is 3.86. The van der Waals surface area contributed by atoms with E-state index in [9.17, 15) is 0 Å². The van der Waals surface area contributed by atoms with Crippen LogP contribution in [0.2, 0.25) is 0 Å². The van der Waals surface area contributed by atoms with Gasteiger partial charge in [0.25, 0.3) is 0 Å². The normalized spacial score (nSPS) is 12.2. The molecule has 0 saturated carbocycles. The molecule has 0 spiro atoms. The molecule has 0 aliphatic heterocycles. The van der Waals surface area contributed by atoms with Crippen LogP contribution in [0.1, 0.15) is 33.1 Å². The van der Waals surface area contributed by atoms with Crippen LogP contribution in [0, 0.1) is 16.7 Å². The van der Waals surface area contributed by atoms with Gasteiger partial charge in [-0.1, -0.05) is 12.2 Å². The molecule has 0 aromatic heterocycles. The summed E-state index contributed by atoms with van der Waals surface area (Å²) >= 11 is 0. The predicted octanol–water partition coefficient (Wildman–Crippen LogP) is 3.04. The second-order valence-corrected chi connectivity index (χ2v) is 3.30. The Morgan fingerprint density at radius 2 is 2.08 bits per heavy atom. The Bertz CT molecular complexity index is 182. The lowest BCUT2D eigenvalue weighted by atomic mass is 9.92. The number of nitrogens with one attached hydrogen (secondary N) is 2. The summed E-state index contributed by atoms with van der Waals surface area (Å²) in [7, 11) is 0. The molecule has 68 valence electrons. The fourth-order valence-electron chi connectivity index (χ4n) is 1.10. The van der Waals surface area contributed by atoms with Crippen LogP contribution in [-0.4, -0.2) is 11.9 Å². The molecule has 0 aliphatic rings. The fraction of sp³-hybridized carbons (Fsp3) is 0.600. The molecule has 0 aliphatic carbocycles. The van der Waals surface area contributed by atoms with Gasteiger partial charge < -0.3 is 10.8 Å². The van der Waals surface area contributed by atoms with E-state index in [1.165, 1.54) is 6.21 Å². The zero-order valence-electron chi connectivity index (χ0n) is 7.98. The fourth-order valence-corrected chi connectivity index (χ4v) is 1.10. The Kier molecular flexibility index (Phi) is 5.26. The molecular formula is C10H18N2. The summed E-state index contributed by atoms with van der Waals surface area (Å²) in [6, 6.07) is 0. The summed E-state index contributed by atoms with van der Waals surface area (Å²) in [5.74, 6) is 0.391. The maximum Gasteiger partial charge on any atom is 0.00584 e. The van der Waals surface area contributed by atoms with Gasteiger partial charge in [0.05, 0.1) is 0 Å². The van der Waals surface area contributed by atoms with Gasteiger partial charge in [-0.3, -0.25) is 0 Å². The van der Waals surface area contributed by atoms with Crippen molar-refractivity contribution in [2.45, 2.75) is 33.1 Å². The van der Waals surface area contributed by atoms with Crippen molar-refractivity contribution in [2.75, 3.05) is 0 Å². The molecule has 2 nitrogen and oxygen atoms in total. The van der Waals surface area contributed by atoms with Crippen molar-refractivity contribution in [3.8, 4) is 0 Å². The molecule has 0 fully saturated rings. The van der Waals surface area contributed by atoms with Crippen molar-refractivity contribution in [2.24, 2.45) is 5.92 Å². The molecule has 2 N–H and O–H groups in total. The first-order chi connectivity index (χ1) is 5.57. The first-order valence-corrected chi connectivity index (χ1v) is 4.26. The predicted molar refractivity (Wildman–Crippen MR) is 54.3 cm³/mol. The molecule has 0 amide bonds. The van der Waals surface area contributed by atoms with Crippen LogP contribution in [0.15, 0.2) is 12.2 Å². The second kappa shape index (κ2) is 5.70. The number of hydrogen-bond donors (Lipinski definition) is 2. The van der Waals surface area contributed by atoms with E-state index in [4.69, 9.17) is 10.8 Å². The summed E-state index contributed by atoms with van der Waals surface area (Å²) in [5, 5.41) is 14.3. The third-order valence-corrected chi connectivity index (χ3v) is 1.97. The van der Waals surface area contributed by atoms with Crippen LogP contribution < -0.4 is 0 Å². The minimum atomic E-state index is 0.391. The van der Waals surface area contributed by atoms with E-state index in [0.29, 0.717) is 11.6 Å². The maximum absolute atomic E-state index is 7.27. The lowest BCUT2D eigenvalue weighted by Gasteiger charge is -2.13. The van der Waals surface area contributed by atoms with E-state index in [0.717, 1.165) is 24.8 Å². The smallest absolute Gasteiger partial charge is 0.00584 e. The van der Waals surface area contributed by atoms with Gasteiger partial charge in [-0.15, -0.1) is 0 Å². The topological polar surface area (TPSA) is 47.7 Å². The van der Waals surface area contributed by atoms with Gasteiger partial charge in [0, 0.05) is 5.71 Å². The van der Waals surface area contributed by atoms with Crippen molar-refractivity contribution in [3.05, 3.63) is 12.2 Å². The third kappa shape index (κ3) is 4.83. The number of rotatable bonds is 6. The van der Waals surface area contributed by atoms with Gasteiger partial charge in [0.15, 0.2) is 0 Å². The number of allylic oxidation sites excluding steroid dienone is 1. The zero-order valence-corrected chi connectivity index (χ0v) is 7.98.